The van der Waals surface area contributed by atoms with Crippen LogP contribution in [0.5, 0.6) is 0 Å². The van der Waals surface area contributed by atoms with Crippen molar-refractivity contribution in [1.82, 2.24) is 9.80 Å². The van der Waals surface area contributed by atoms with Crippen molar-refractivity contribution in [3.8, 4) is 6.07 Å². The fourth-order valence-electron chi connectivity index (χ4n) is 3.29. The molecule has 1 amide bonds. The van der Waals surface area contributed by atoms with Gasteiger partial charge in [-0.2, -0.15) is 5.26 Å². The third-order valence-corrected chi connectivity index (χ3v) is 4.84. The number of nitriles is 1. The van der Waals surface area contributed by atoms with E-state index in [0.717, 1.165) is 17.8 Å². The van der Waals surface area contributed by atoms with E-state index in [2.05, 4.69) is 36.2 Å². The predicted molar refractivity (Wildman–Crippen MR) is 106 cm³/mol. The van der Waals surface area contributed by atoms with Gasteiger partial charge in [-0.1, -0.05) is 24.3 Å². The lowest BCUT2D eigenvalue weighted by Crippen LogP contribution is -2.41. The van der Waals surface area contributed by atoms with Crippen molar-refractivity contribution in [3.63, 3.8) is 0 Å². The highest BCUT2D eigenvalue weighted by Crippen LogP contribution is 2.19. The molecule has 1 aromatic carbocycles. The molecule has 2 aliphatic rings. The van der Waals surface area contributed by atoms with E-state index in [0.29, 0.717) is 32.3 Å². The summed E-state index contributed by atoms with van der Waals surface area (Å²) < 4.78 is 5.26. The van der Waals surface area contributed by atoms with Crippen molar-refractivity contribution < 1.29 is 9.53 Å². The molecule has 3 rings (SSSR count). The zero-order valence-electron chi connectivity index (χ0n) is 15.9. The molecule has 27 heavy (non-hydrogen) atoms. The standard InChI is InChI=1S/C21H26N4O2/c1-16(2)25-9-3-4-20(25)23-19-7-5-17(6-8-19)14-18(15-22)21(26)24-10-12-27-13-11-24/h3-8,14,16,20,23H,9-13H2,1-2H3. The number of carbonyl (C=O) groups is 1. The smallest absolute Gasteiger partial charge is 0.264 e. The quantitative estimate of drug-likeness (QED) is 0.493. The molecular weight excluding hydrogens is 340 g/mol. The zero-order chi connectivity index (χ0) is 19.2. The minimum absolute atomic E-state index is 0.155. The van der Waals surface area contributed by atoms with Crippen molar-refractivity contribution in [2.24, 2.45) is 0 Å². The molecule has 6 heteroatoms. The number of hydrogen-bond donors (Lipinski definition) is 1. The van der Waals surface area contributed by atoms with Crippen molar-refractivity contribution in [1.29, 1.82) is 5.26 Å². The Hall–Kier alpha value is -2.62. The Bertz CT molecular complexity index is 755. The summed E-state index contributed by atoms with van der Waals surface area (Å²) in [6, 6.07) is 10.3. The highest BCUT2D eigenvalue weighted by atomic mass is 16.5. The molecule has 2 heterocycles. The first-order chi connectivity index (χ1) is 13.1. The summed E-state index contributed by atoms with van der Waals surface area (Å²) in [6.45, 7) is 7.42. The molecule has 2 aliphatic heterocycles. The Kier molecular flexibility index (Phi) is 6.28. The minimum Gasteiger partial charge on any atom is -0.378 e. The van der Waals surface area contributed by atoms with E-state index in [1.54, 1.807) is 11.0 Å². The van der Waals surface area contributed by atoms with Gasteiger partial charge in [0.1, 0.15) is 11.6 Å². The van der Waals surface area contributed by atoms with Gasteiger partial charge in [0.2, 0.25) is 0 Å². The maximum absolute atomic E-state index is 12.5. The maximum atomic E-state index is 12.5. The Morgan fingerprint density at radius 1 is 1.30 bits per heavy atom. The maximum Gasteiger partial charge on any atom is 0.264 e. The van der Waals surface area contributed by atoms with Crippen LogP contribution in [0.1, 0.15) is 19.4 Å². The summed E-state index contributed by atoms with van der Waals surface area (Å²) in [5.74, 6) is -0.230. The first kappa shape index (κ1) is 19.2. The van der Waals surface area contributed by atoms with Gasteiger partial charge < -0.3 is 15.0 Å². The molecule has 0 aromatic heterocycles. The van der Waals surface area contributed by atoms with Gasteiger partial charge in [-0.3, -0.25) is 9.69 Å². The van der Waals surface area contributed by atoms with Crippen LogP contribution in [0.3, 0.4) is 0 Å². The van der Waals surface area contributed by atoms with Gasteiger partial charge in [0.05, 0.1) is 19.4 Å². The summed E-state index contributed by atoms with van der Waals surface area (Å²) in [7, 11) is 0. The minimum atomic E-state index is -0.230. The van der Waals surface area contributed by atoms with Crippen LogP contribution in [0.2, 0.25) is 0 Å². The first-order valence-corrected chi connectivity index (χ1v) is 9.36. The van der Waals surface area contributed by atoms with Crippen molar-refractivity contribution in [2.75, 3.05) is 38.2 Å². The molecule has 0 radical (unpaired) electrons. The molecule has 1 N–H and O–H groups in total. The van der Waals surface area contributed by atoms with Gasteiger partial charge in [0.15, 0.2) is 0 Å². The molecule has 0 spiro atoms. The van der Waals surface area contributed by atoms with Crippen LogP contribution in [-0.4, -0.2) is 60.8 Å². The van der Waals surface area contributed by atoms with Crippen LogP contribution in [-0.2, 0) is 9.53 Å². The van der Waals surface area contributed by atoms with E-state index in [9.17, 15) is 10.1 Å². The highest BCUT2D eigenvalue weighted by molar-refractivity contribution is 6.01. The van der Waals surface area contributed by atoms with Gasteiger partial charge in [0, 0.05) is 31.4 Å². The second kappa shape index (κ2) is 8.85. The molecule has 1 saturated heterocycles. The topological polar surface area (TPSA) is 68.6 Å². The average molecular weight is 366 g/mol. The molecule has 1 fully saturated rings. The average Bonchev–Trinajstić information content (AvgIpc) is 3.16. The summed E-state index contributed by atoms with van der Waals surface area (Å²) in [5.41, 5.74) is 2.00. The Morgan fingerprint density at radius 2 is 2.00 bits per heavy atom. The molecule has 1 unspecified atom stereocenters. The lowest BCUT2D eigenvalue weighted by molar-refractivity contribution is -0.130. The van der Waals surface area contributed by atoms with Crippen LogP contribution in [0, 0.1) is 11.3 Å². The molecule has 6 nitrogen and oxygen atoms in total. The summed E-state index contributed by atoms with van der Waals surface area (Å²) >= 11 is 0. The summed E-state index contributed by atoms with van der Waals surface area (Å²) in [6.07, 6.45) is 6.18. The number of anilines is 1. The summed E-state index contributed by atoms with van der Waals surface area (Å²) in [4.78, 5) is 16.5. The predicted octanol–water partition coefficient (Wildman–Crippen LogP) is 2.47. The molecule has 1 aromatic rings. The lowest BCUT2D eigenvalue weighted by atomic mass is 10.1. The third-order valence-electron chi connectivity index (χ3n) is 4.84. The first-order valence-electron chi connectivity index (χ1n) is 9.36. The number of benzene rings is 1. The van der Waals surface area contributed by atoms with Gasteiger partial charge >= 0.3 is 0 Å². The van der Waals surface area contributed by atoms with Crippen LogP contribution in [0.4, 0.5) is 5.69 Å². The van der Waals surface area contributed by atoms with Crippen molar-refractivity contribution in [3.05, 3.63) is 47.6 Å². The van der Waals surface area contributed by atoms with E-state index >= 15 is 0 Å². The second-order valence-electron chi connectivity index (χ2n) is 7.00. The number of nitrogens with one attached hydrogen (secondary N) is 1. The number of ether oxygens (including phenoxy) is 1. The van der Waals surface area contributed by atoms with E-state index in [1.165, 1.54) is 0 Å². The van der Waals surface area contributed by atoms with Crippen molar-refractivity contribution in [2.45, 2.75) is 26.1 Å². The monoisotopic (exact) mass is 366 g/mol. The van der Waals surface area contributed by atoms with Crippen molar-refractivity contribution >= 4 is 17.7 Å². The van der Waals surface area contributed by atoms with Crippen LogP contribution < -0.4 is 5.32 Å². The lowest BCUT2D eigenvalue weighted by Gasteiger charge is -2.29. The normalized spacial score (nSPS) is 20.7. The number of rotatable bonds is 5. The Labute approximate surface area is 160 Å². The molecular formula is C21H26N4O2. The molecule has 0 aliphatic carbocycles. The van der Waals surface area contributed by atoms with Crippen LogP contribution >= 0.6 is 0 Å². The van der Waals surface area contributed by atoms with E-state index < -0.39 is 0 Å². The van der Waals surface area contributed by atoms with Gasteiger partial charge in [-0.05, 0) is 37.6 Å². The highest BCUT2D eigenvalue weighted by Gasteiger charge is 2.22. The number of amides is 1. The Balaban J connectivity index is 1.67. The molecule has 0 bridgehead atoms. The molecule has 142 valence electrons. The Morgan fingerprint density at radius 3 is 2.63 bits per heavy atom. The SMILES string of the molecule is CC(C)N1CC=CC1Nc1ccc(C=C(C#N)C(=O)N2CCOCC2)cc1. The number of nitrogens with zero attached hydrogens (tertiary/aromatic N) is 3. The largest absolute Gasteiger partial charge is 0.378 e. The zero-order valence-corrected chi connectivity index (χ0v) is 15.9. The van der Waals surface area contributed by atoms with Gasteiger partial charge in [-0.25, -0.2) is 0 Å². The fourth-order valence-corrected chi connectivity index (χ4v) is 3.29. The molecule has 1 atom stereocenters. The third kappa shape index (κ3) is 4.76. The van der Waals surface area contributed by atoms with E-state index in [-0.39, 0.29) is 17.6 Å². The number of carbonyl (C=O) groups excluding carboxylic acids is 1. The number of morpholine rings is 1. The fraction of sp³-hybridized carbons (Fsp3) is 0.429. The number of hydrogen-bond acceptors (Lipinski definition) is 5. The summed E-state index contributed by atoms with van der Waals surface area (Å²) in [5, 5.41) is 12.9. The molecule has 0 saturated carbocycles. The van der Waals surface area contributed by atoms with Crippen LogP contribution in [0.25, 0.3) is 6.08 Å². The van der Waals surface area contributed by atoms with Gasteiger partial charge in [-0.15, -0.1) is 0 Å². The van der Waals surface area contributed by atoms with E-state index in [1.807, 2.05) is 30.3 Å². The second-order valence-corrected chi connectivity index (χ2v) is 7.00. The van der Waals surface area contributed by atoms with Gasteiger partial charge in [0.25, 0.3) is 5.91 Å². The van der Waals surface area contributed by atoms with E-state index in [4.69, 9.17) is 4.74 Å². The van der Waals surface area contributed by atoms with Crippen LogP contribution in [0.15, 0.2) is 42.0 Å².